The van der Waals surface area contributed by atoms with Crippen LogP contribution in [0.2, 0.25) is 0 Å². The van der Waals surface area contributed by atoms with Crippen LogP contribution in [0.3, 0.4) is 0 Å². The fourth-order valence-corrected chi connectivity index (χ4v) is 0.891. The first kappa shape index (κ1) is 12.0. The number of hydrogen-bond donors (Lipinski definition) is 1. The van der Waals surface area contributed by atoms with Gasteiger partial charge in [0.1, 0.15) is 0 Å². The second-order valence-electron chi connectivity index (χ2n) is 5.38. The summed E-state index contributed by atoms with van der Waals surface area (Å²) in [5.74, 6) is 0.639. The zero-order valence-corrected chi connectivity index (χ0v) is 9.52. The maximum absolute atomic E-state index is 7.01. The molecule has 0 aromatic carbocycles. The molecule has 0 aliphatic carbocycles. The van der Waals surface area contributed by atoms with Gasteiger partial charge in [0.05, 0.1) is 5.54 Å². The molecule has 13 heavy (non-hydrogen) atoms. The Bertz CT molecular complexity index is 230. The van der Waals surface area contributed by atoms with Crippen molar-refractivity contribution >= 4 is 0 Å². The van der Waals surface area contributed by atoms with E-state index < -0.39 is 0 Å². The summed E-state index contributed by atoms with van der Waals surface area (Å²) in [6, 6.07) is 0. The molecule has 74 valence electrons. The van der Waals surface area contributed by atoms with E-state index in [1.165, 1.54) is 0 Å². The second kappa shape index (κ2) is 3.83. The van der Waals surface area contributed by atoms with E-state index in [1.54, 1.807) is 0 Å². The smallest absolute Gasteiger partial charge is 0.220 e. The van der Waals surface area contributed by atoms with E-state index in [9.17, 15) is 0 Å². The van der Waals surface area contributed by atoms with Crippen LogP contribution in [0.5, 0.6) is 0 Å². The van der Waals surface area contributed by atoms with Gasteiger partial charge in [0.25, 0.3) is 0 Å². The zero-order chi connectivity index (χ0) is 10.7. The third kappa shape index (κ3) is 7.39. The van der Waals surface area contributed by atoms with E-state index in [0.717, 1.165) is 0 Å². The van der Waals surface area contributed by atoms with Gasteiger partial charge in [0.2, 0.25) is 5.82 Å². The van der Waals surface area contributed by atoms with Crippen LogP contribution in [0.1, 0.15) is 41.5 Å². The van der Waals surface area contributed by atoms with Crippen molar-refractivity contribution in [3.05, 3.63) is 23.3 Å². The molecule has 0 aromatic heterocycles. The minimum atomic E-state index is -0.0400. The van der Waals surface area contributed by atoms with E-state index in [0.29, 0.717) is 5.82 Å². The van der Waals surface area contributed by atoms with E-state index in [2.05, 4.69) is 51.7 Å². The van der Waals surface area contributed by atoms with E-state index >= 15 is 0 Å². The van der Waals surface area contributed by atoms with Crippen molar-refractivity contribution in [1.82, 2.24) is 5.32 Å². The Kier molecular flexibility index (Phi) is 3.54. The average Bonchev–Trinajstić information content (AvgIpc) is 1.79. The Hall–Kier alpha value is -0.970. The molecule has 0 bridgehead atoms. The maximum Gasteiger partial charge on any atom is 0.220 e. The Morgan fingerprint density at radius 2 is 1.62 bits per heavy atom. The summed E-state index contributed by atoms with van der Waals surface area (Å²) in [5, 5.41) is 3.17. The lowest BCUT2D eigenvalue weighted by molar-refractivity contribution is 0.466. The molecule has 0 aromatic rings. The quantitative estimate of drug-likeness (QED) is 0.613. The molecule has 0 saturated carbocycles. The van der Waals surface area contributed by atoms with E-state index in [-0.39, 0.29) is 11.0 Å². The summed E-state index contributed by atoms with van der Waals surface area (Å²) in [5.41, 5.74) is 0.0137. The van der Waals surface area contributed by atoms with Crippen LogP contribution in [0.15, 0.2) is 11.9 Å². The van der Waals surface area contributed by atoms with Crippen molar-refractivity contribution in [3.63, 3.8) is 0 Å². The minimum absolute atomic E-state index is 0.0400. The number of rotatable bonds is 1. The lowest BCUT2D eigenvalue weighted by Crippen LogP contribution is -2.34. The molecule has 0 spiro atoms. The van der Waals surface area contributed by atoms with Gasteiger partial charge in [-0.1, -0.05) is 33.4 Å². The van der Waals surface area contributed by atoms with Crippen molar-refractivity contribution in [3.8, 4) is 0 Å². The molecular formula is C11H20N2. The van der Waals surface area contributed by atoms with Crippen LogP contribution in [-0.4, -0.2) is 5.54 Å². The molecule has 1 N–H and O–H groups in total. The van der Waals surface area contributed by atoms with Crippen LogP contribution < -0.4 is 5.32 Å². The largest absolute Gasteiger partial charge is 0.365 e. The Labute approximate surface area is 81.9 Å². The summed E-state index contributed by atoms with van der Waals surface area (Å²) in [6.07, 6.45) is 1.96. The Morgan fingerprint density at radius 1 is 1.15 bits per heavy atom. The first-order valence-electron chi connectivity index (χ1n) is 4.52. The zero-order valence-electron chi connectivity index (χ0n) is 9.52. The Morgan fingerprint density at radius 3 is 1.85 bits per heavy atom. The molecule has 0 radical (unpaired) electrons. The predicted molar refractivity (Wildman–Crippen MR) is 57.0 cm³/mol. The standard InChI is InChI=1S/C11H20N2/c1-10(2,3)8-9(12-7)13-11(4,5)6/h8,13H,1-6H3/b9-8-. The van der Waals surface area contributed by atoms with Crippen molar-refractivity contribution in [2.75, 3.05) is 0 Å². The summed E-state index contributed by atoms with van der Waals surface area (Å²) in [4.78, 5) is 3.46. The van der Waals surface area contributed by atoms with Crippen LogP contribution in [-0.2, 0) is 0 Å². The lowest BCUT2D eigenvalue weighted by atomic mass is 9.96. The number of nitrogens with one attached hydrogen (secondary N) is 1. The molecule has 2 nitrogen and oxygen atoms in total. The van der Waals surface area contributed by atoms with Gasteiger partial charge in [-0.15, -0.1) is 0 Å². The lowest BCUT2D eigenvalue weighted by Gasteiger charge is -2.21. The van der Waals surface area contributed by atoms with Crippen LogP contribution >= 0.6 is 0 Å². The van der Waals surface area contributed by atoms with Crippen LogP contribution in [0, 0.1) is 12.0 Å². The first-order chi connectivity index (χ1) is 5.64. The maximum atomic E-state index is 7.01. The highest BCUT2D eigenvalue weighted by Gasteiger charge is 2.15. The van der Waals surface area contributed by atoms with Crippen molar-refractivity contribution < 1.29 is 0 Å². The third-order valence-corrected chi connectivity index (χ3v) is 1.19. The normalized spacial score (nSPS) is 13.8. The number of hydrogen-bond acceptors (Lipinski definition) is 1. The van der Waals surface area contributed by atoms with Gasteiger partial charge in [-0.05, 0) is 26.2 Å². The van der Waals surface area contributed by atoms with Crippen LogP contribution in [0.25, 0.3) is 4.85 Å². The summed E-state index contributed by atoms with van der Waals surface area (Å²) in [6.45, 7) is 19.4. The highest BCUT2D eigenvalue weighted by atomic mass is 15.1. The molecule has 0 heterocycles. The fourth-order valence-electron chi connectivity index (χ4n) is 0.891. The first-order valence-corrected chi connectivity index (χ1v) is 4.52. The fraction of sp³-hybridized carbons (Fsp3) is 0.727. The van der Waals surface area contributed by atoms with Crippen molar-refractivity contribution in [2.24, 2.45) is 5.41 Å². The molecule has 0 amide bonds. The monoisotopic (exact) mass is 180 g/mol. The van der Waals surface area contributed by atoms with Crippen molar-refractivity contribution in [2.45, 2.75) is 47.1 Å². The highest BCUT2D eigenvalue weighted by Crippen LogP contribution is 2.18. The molecule has 0 rings (SSSR count). The molecule has 0 aliphatic rings. The Balaban J connectivity index is 4.57. The molecule has 0 saturated heterocycles. The molecule has 2 heteroatoms. The summed E-state index contributed by atoms with van der Waals surface area (Å²) >= 11 is 0. The van der Waals surface area contributed by atoms with Gasteiger partial charge in [0.15, 0.2) is 0 Å². The average molecular weight is 180 g/mol. The minimum Gasteiger partial charge on any atom is -0.365 e. The van der Waals surface area contributed by atoms with E-state index in [1.807, 2.05) is 6.08 Å². The second-order valence-corrected chi connectivity index (χ2v) is 5.38. The van der Waals surface area contributed by atoms with Gasteiger partial charge in [-0.25, -0.2) is 0 Å². The highest BCUT2D eigenvalue weighted by molar-refractivity contribution is 5.13. The number of nitrogens with zero attached hydrogens (tertiary/aromatic N) is 1. The molecular weight excluding hydrogens is 160 g/mol. The van der Waals surface area contributed by atoms with Gasteiger partial charge in [-0.2, -0.15) is 0 Å². The van der Waals surface area contributed by atoms with Gasteiger partial charge < -0.3 is 10.2 Å². The summed E-state index contributed by atoms with van der Waals surface area (Å²) in [7, 11) is 0. The molecule has 0 atom stereocenters. The van der Waals surface area contributed by atoms with E-state index in [4.69, 9.17) is 6.57 Å². The number of allylic oxidation sites excluding steroid dienone is 1. The molecule has 0 fully saturated rings. The molecule has 0 aliphatic heterocycles. The predicted octanol–water partition coefficient (Wildman–Crippen LogP) is 3.18. The van der Waals surface area contributed by atoms with Gasteiger partial charge in [0, 0.05) is 0 Å². The van der Waals surface area contributed by atoms with Crippen molar-refractivity contribution in [1.29, 1.82) is 0 Å². The summed E-state index contributed by atoms with van der Waals surface area (Å²) < 4.78 is 0. The SMILES string of the molecule is [C-]#[N+]/C(=C/C(C)(C)C)NC(C)(C)C. The molecule has 0 unspecified atom stereocenters. The topological polar surface area (TPSA) is 16.4 Å². The van der Waals surface area contributed by atoms with Crippen LogP contribution in [0.4, 0.5) is 0 Å². The third-order valence-electron chi connectivity index (χ3n) is 1.19. The van der Waals surface area contributed by atoms with Gasteiger partial charge in [-0.3, -0.25) is 0 Å². The van der Waals surface area contributed by atoms with Gasteiger partial charge >= 0.3 is 0 Å².